The summed E-state index contributed by atoms with van der Waals surface area (Å²) in [5.74, 6) is -1.47. The van der Waals surface area contributed by atoms with E-state index >= 15 is 0 Å². The van der Waals surface area contributed by atoms with Crippen LogP contribution in [-0.2, 0) is 14.4 Å². The Morgan fingerprint density at radius 1 is 1.13 bits per heavy atom. The molecule has 1 saturated carbocycles. The number of para-hydroxylation sites is 1. The smallest absolute Gasteiger partial charge is 0.228 e. The van der Waals surface area contributed by atoms with E-state index in [0.717, 1.165) is 6.54 Å². The molecule has 1 aromatic carbocycles. The molecule has 2 rings (SSSR count). The molecular weight excluding hydrogens is 294 g/mol. The third-order valence-electron chi connectivity index (χ3n) is 3.64. The van der Waals surface area contributed by atoms with E-state index in [2.05, 4.69) is 16.0 Å². The normalized spacial score (nSPS) is 17.8. The summed E-state index contributed by atoms with van der Waals surface area (Å²) in [5, 5.41) is 8.63. The first kappa shape index (κ1) is 16.9. The topological polar surface area (TPSA) is 87.3 Å². The molecule has 3 N–H and O–H groups in total. The summed E-state index contributed by atoms with van der Waals surface area (Å²) >= 11 is 0. The summed E-state index contributed by atoms with van der Waals surface area (Å²) in [7, 11) is 1.82. The molecule has 1 aromatic rings. The van der Waals surface area contributed by atoms with E-state index in [1.165, 1.54) is 6.20 Å². The number of anilines is 1. The van der Waals surface area contributed by atoms with Crippen molar-refractivity contribution in [2.45, 2.75) is 12.8 Å². The van der Waals surface area contributed by atoms with Gasteiger partial charge in [0.2, 0.25) is 5.91 Å². The number of nitrogens with one attached hydrogen (secondary N) is 3. The van der Waals surface area contributed by atoms with E-state index in [-0.39, 0.29) is 35.9 Å². The highest BCUT2D eigenvalue weighted by Gasteiger charge is 2.34. The Hall–Kier alpha value is -2.47. The standard InChI is InChI=1S/C17H21N3O3/c1-18-7-8-19-11-14-15(21)9-12(10-16(14)22)17(23)20-13-5-3-2-4-6-13/h2-6,11-12,18-19H,7-10H2,1H3,(H,20,23). The van der Waals surface area contributed by atoms with E-state index in [9.17, 15) is 14.4 Å². The van der Waals surface area contributed by atoms with Crippen molar-refractivity contribution in [2.24, 2.45) is 5.92 Å². The van der Waals surface area contributed by atoms with E-state index in [0.29, 0.717) is 12.2 Å². The highest BCUT2D eigenvalue weighted by Crippen LogP contribution is 2.24. The maximum absolute atomic E-state index is 12.2. The van der Waals surface area contributed by atoms with Gasteiger partial charge in [-0.25, -0.2) is 0 Å². The van der Waals surface area contributed by atoms with Gasteiger partial charge >= 0.3 is 0 Å². The molecule has 0 heterocycles. The van der Waals surface area contributed by atoms with Gasteiger partial charge in [0.05, 0.1) is 11.5 Å². The van der Waals surface area contributed by atoms with Gasteiger partial charge in [-0.1, -0.05) is 18.2 Å². The predicted molar refractivity (Wildman–Crippen MR) is 87.8 cm³/mol. The summed E-state index contributed by atoms with van der Waals surface area (Å²) in [4.78, 5) is 36.4. The maximum Gasteiger partial charge on any atom is 0.228 e. The molecule has 1 aliphatic carbocycles. The van der Waals surface area contributed by atoms with Crippen molar-refractivity contribution in [2.75, 3.05) is 25.5 Å². The molecule has 6 nitrogen and oxygen atoms in total. The number of hydrogen-bond donors (Lipinski definition) is 3. The van der Waals surface area contributed by atoms with Gasteiger partial charge < -0.3 is 16.0 Å². The van der Waals surface area contributed by atoms with Crippen LogP contribution < -0.4 is 16.0 Å². The Bertz CT molecular complexity index is 591. The van der Waals surface area contributed by atoms with Crippen LogP contribution in [0.2, 0.25) is 0 Å². The maximum atomic E-state index is 12.2. The highest BCUT2D eigenvalue weighted by molar-refractivity contribution is 6.23. The van der Waals surface area contributed by atoms with Gasteiger partial charge in [-0.15, -0.1) is 0 Å². The quantitative estimate of drug-likeness (QED) is 0.412. The molecule has 0 radical (unpaired) electrons. The summed E-state index contributed by atoms with van der Waals surface area (Å²) < 4.78 is 0. The van der Waals surface area contributed by atoms with Crippen molar-refractivity contribution in [1.29, 1.82) is 0 Å². The fourth-order valence-electron chi connectivity index (χ4n) is 2.38. The van der Waals surface area contributed by atoms with E-state index in [1.807, 2.05) is 25.2 Å². The molecule has 0 bridgehead atoms. The van der Waals surface area contributed by atoms with E-state index in [1.54, 1.807) is 12.1 Å². The van der Waals surface area contributed by atoms with Gasteiger partial charge in [-0.2, -0.15) is 0 Å². The second kappa shape index (κ2) is 8.24. The second-order valence-electron chi connectivity index (χ2n) is 5.42. The van der Waals surface area contributed by atoms with Crippen molar-refractivity contribution >= 4 is 23.2 Å². The van der Waals surface area contributed by atoms with Crippen LogP contribution in [0.25, 0.3) is 0 Å². The molecule has 0 atom stereocenters. The minimum Gasteiger partial charge on any atom is -0.389 e. The minimum atomic E-state index is -0.607. The lowest BCUT2D eigenvalue weighted by molar-refractivity contribution is -0.131. The molecule has 0 saturated heterocycles. The van der Waals surface area contributed by atoms with Crippen LogP contribution >= 0.6 is 0 Å². The van der Waals surface area contributed by atoms with Crippen molar-refractivity contribution < 1.29 is 14.4 Å². The number of hydrogen-bond acceptors (Lipinski definition) is 5. The highest BCUT2D eigenvalue weighted by atomic mass is 16.2. The molecule has 0 spiro atoms. The monoisotopic (exact) mass is 315 g/mol. The van der Waals surface area contributed by atoms with Gasteiger partial charge in [0, 0.05) is 37.8 Å². The van der Waals surface area contributed by atoms with Crippen molar-refractivity contribution in [3.63, 3.8) is 0 Å². The van der Waals surface area contributed by atoms with Crippen LogP contribution in [0, 0.1) is 5.92 Å². The fraction of sp³-hybridized carbons (Fsp3) is 0.353. The van der Waals surface area contributed by atoms with Crippen LogP contribution in [0.3, 0.4) is 0 Å². The number of Topliss-reactive ketones (excluding diaryl/α,β-unsaturated/α-hetero) is 2. The zero-order valence-electron chi connectivity index (χ0n) is 13.1. The summed E-state index contributed by atoms with van der Waals surface area (Å²) in [6.07, 6.45) is 1.58. The lowest BCUT2D eigenvalue weighted by atomic mass is 9.83. The van der Waals surface area contributed by atoms with Gasteiger partial charge in [0.25, 0.3) is 0 Å². The van der Waals surface area contributed by atoms with Crippen LogP contribution in [0.5, 0.6) is 0 Å². The van der Waals surface area contributed by atoms with Crippen molar-refractivity contribution in [3.8, 4) is 0 Å². The van der Waals surface area contributed by atoms with Crippen LogP contribution in [0.1, 0.15) is 12.8 Å². The lowest BCUT2D eigenvalue weighted by Gasteiger charge is -2.21. The number of allylic oxidation sites excluding steroid dienone is 1. The Balaban J connectivity index is 1.94. The molecular formula is C17H21N3O3. The Labute approximate surface area is 135 Å². The molecule has 1 fully saturated rings. The van der Waals surface area contributed by atoms with Crippen LogP contribution in [-0.4, -0.2) is 37.6 Å². The van der Waals surface area contributed by atoms with Gasteiger partial charge in [0.1, 0.15) is 0 Å². The fourth-order valence-corrected chi connectivity index (χ4v) is 2.38. The zero-order chi connectivity index (χ0) is 16.7. The molecule has 1 amide bonds. The SMILES string of the molecule is CNCCNC=C1C(=O)CC(C(=O)Nc2ccccc2)CC1=O. The number of carbonyl (C=O) groups is 3. The molecule has 0 aromatic heterocycles. The average molecular weight is 315 g/mol. The van der Waals surface area contributed by atoms with E-state index in [4.69, 9.17) is 0 Å². The summed E-state index contributed by atoms with van der Waals surface area (Å²) in [5.41, 5.74) is 0.817. The Morgan fingerprint density at radius 2 is 1.78 bits per heavy atom. The number of ketones is 2. The summed E-state index contributed by atoms with van der Waals surface area (Å²) in [6, 6.07) is 9.00. The number of rotatable bonds is 6. The average Bonchev–Trinajstić information content (AvgIpc) is 2.54. The largest absolute Gasteiger partial charge is 0.389 e. The lowest BCUT2D eigenvalue weighted by Crippen LogP contribution is -2.34. The summed E-state index contributed by atoms with van der Waals surface area (Å²) in [6.45, 7) is 1.35. The number of likely N-dealkylation sites (N-methyl/N-ethyl adjacent to an activating group) is 1. The first-order valence-corrected chi connectivity index (χ1v) is 7.62. The minimum absolute atomic E-state index is 0.0595. The third kappa shape index (κ3) is 4.75. The third-order valence-corrected chi connectivity index (χ3v) is 3.64. The van der Waals surface area contributed by atoms with Gasteiger partial charge in [-0.3, -0.25) is 14.4 Å². The number of carbonyl (C=O) groups excluding carboxylic acids is 3. The zero-order valence-corrected chi connectivity index (χ0v) is 13.1. The van der Waals surface area contributed by atoms with Crippen LogP contribution in [0.15, 0.2) is 42.1 Å². The first-order chi connectivity index (χ1) is 11.1. The molecule has 23 heavy (non-hydrogen) atoms. The first-order valence-electron chi connectivity index (χ1n) is 7.62. The predicted octanol–water partition coefficient (Wildman–Crippen LogP) is 0.866. The van der Waals surface area contributed by atoms with Crippen LogP contribution in [0.4, 0.5) is 5.69 Å². The number of amides is 1. The van der Waals surface area contributed by atoms with Gasteiger partial charge in [-0.05, 0) is 19.2 Å². The number of benzene rings is 1. The Morgan fingerprint density at radius 3 is 2.39 bits per heavy atom. The second-order valence-corrected chi connectivity index (χ2v) is 5.42. The van der Waals surface area contributed by atoms with Gasteiger partial charge in [0.15, 0.2) is 11.6 Å². The molecule has 0 aliphatic heterocycles. The van der Waals surface area contributed by atoms with Crippen molar-refractivity contribution in [1.82, 2.24) is 10.6 Å². The molecule has 122 valence electrons. The Kier molecular flexibility index (Phi) is 6.05. The van der Waals surface area contributed by atoms with Crippen molar-refractivity contribution in [3.05, 3.63) is 42.1 Å². The molecule has 6 heteroatoms. The molecule has 1 aliphatic rings. The molecule has 0 unspecified atom stereocenters. The van der Waals surface area contributed by atoms with E-state index < -0.39 is 5.92 Å².